The fraction of sp³-hybridized carbons (Fsp3) is 0.625. The normalized spacial score (nSPS) is 19.1. The van der Waals surface area contributed by atoms with E-state index in [0.29, 0.717) is 6.54 Å². The van der Waals surface area contributed by atoms with E-state index in [1.165, 1.54) is 7.11 Å². The Hall–Kier alpha value is -1.73. The van der Waals surface area contributed by atoms with Gasteiger partial charge in [0.15, 0.2) is 0 Å². The number of carbonyl (C=O) groups excluding carboxylic acids is 1. The van der Waals surface area contributed by atoms with Gasteiger partial charge in [-0.3, -0.25) is 0 Å². The number of halogens is 2. The van der Waals surface area contributed by atoms with Crippen molar-refractivity contribution in [2.75, 3.05) is 19.0 Å². The number of fused-ring (bicyclic) bond motifs is 1. The summed E-state index contributed by atoms with van der Waals surface area (Å²) in [6.45, 7) is 0.383. The molecule has 6 nitrogen and oxygen atoms in total. The summed E-state index contributed by atoms with van der Waals surface area (Å²) in [6, 6.07) is -1.04. The van der Waals surface area contributed by atoms with Crippen LogP contribution in [0.25, 0.3) is 0 Å². The zero-order valence-corrected chi connectivity index (χ0v) is 8.48. The lowest BCUT2D eigenvalue weighted by Crippen LogP contribution is -2.28. The van der Waals surface area contributed by atoms with Gasteiger partial charge >= 0.3 is 5.97 Å². The first kappa shape index (κ1) is 10.8. The molecule has 0 radical (unpaired) electrons. The minimum atomic E-state index is -2.53. The van der Waals surface area contributed by atoms with Crippen molar-refractivity contribution >= 4 is 11.9 Å². The Kier molecular flexibility index (Phi) is 2.71. The SMILES string of the molecule is COC(=O)c1nc2n(n1)C(C(F)F)CCN2. The molecule has 0 saturated carbocycles. The molecule has 1 aliphatic heterocycles. The molecule has 0 aromatic carbocycles. The van der Waals surface area contributed by atoms with Gasteiger partial charge in [0.2, 0.25) is 5.95 Å². The average Bonchev–Trinajstić information content (AvgIpc) is 2.70. The highest BCUT2D eigenvalue weighted by atomic mass is 19.3. The number of alkyl halides is 2. The van der Waals surface area contributed by atoms with Crippen molar-refractivity contribution in [1.29, 1.82) is 0 Å². The highest BCUT2D eigenvalue weighted by Crippen LogP contribution is 2.27. The highest BCUT2D eigenvalue weighted by Gasteiger charge is 2.31. The zero-order chi connectivity index (χ0) is 11.7. The van der Waals surface area contributed by atoms with Crippen molar-refractivity contribution < 1.29 is 18.3 Å². The van der Waals surface area contributed by atoms with Gasteiger partial charge in [-0.15, -0.1) is 5.10 Å². The third kappa shape index (κ3) is 1.70. The number of carbonyl (C=O) groups is 1. The Bertz CT molecular complexity index is 407. The average molecular weight is 232 g/mol. The van der Waals surface area contributed by atoms with Crippen molar-refractivity contribution in [3.8, 4) is 0 Å². The van der Waals surface area contributed by atoms with Crippen LogP contribution in [-0.2, 0) is 4.74 Å². The molecule has 0 bridgehead atoms. The quantitative estimate of drug-likeness (QED) is 0.759. The molecule has 1 unspecified atom stereocenters. The number of rotatable bonds is 2. The van der Waals surface area contributed by atoms with E-state index in [2.05, 4.69) is 20.1 Å². The van der Waals surface area contributed by atoms with Crippen molar-refractivity contribution in [3.63, 3.8) is 0 Å². The Morgan fingerprint density at radius 1 is 1.69 bits per heavy atom. The molecule has 0 saturated heterocycles. The lowest BCUT2D eigenvalue weighted by molar-refractivity contribution is 0.0572. The lowest BCUT2D eigenvalue weighted by Gasteiger charge is -2.23. The Balaban J connectivity index is 2.34. The third-order valence-corrected chi connectivity index (χ3v) is 2.33. The molecule has 1 aliphatic rings. The largest absolute Gasteiger partial charge is 0.463 e. The van der Waals surface area contributed by atoms with Gasteiger partial charge < -0.3 is 10.1 Å². The molecule has 1 aromatic rings. The van der Waals surface area contributed by atoms with Crippen LogP contribution in [0.4, 0.5) is 14.7 Å². The molecular formula is C8H10F2N4O2. The van der Waals surface area contributed by atoms with Crippen LogP contribution in [-0.4, -0.2) is 40.8 Å². The monoisotopic (exact) mass is 232 g/mol. The van der Waals surface area contributed by atoms with Crippen molar-refractivity contribution in [1.82, 2.24) is 14.8 Å². The maximum Gasteiger partial charge on any atom is 0.378 e. The highest BCUT2D eigenvalue weighted by molar-refractivity contribution is 5.85. The van der Waals surface area contributed by atoms with Gasteiger partial charge in [-0.05, 0) is 6.42 Å². The number of methoxy groups -OCH3 is 1. The molecule has 88 valence electrons. The van der Waals surface area contributed by atoms with Crippen molar-refractivity contribution in [3.05, 3.63) is 5.82 Å². The van der Waals surface area contributed by atoms with E-state index in [-0.39, 0.29) is 18.2 Å². The first-order valence-corrected chi connectivity index (χ1v) is 4.70. The summed E-state index contributed by atoms with van der Waals surface area (Å²) in [5, 5.41) is 6.51. The molecule has 0 aliphatic carbocycles. The second kappa shape index (κ2) is 4.03. The number of nitrogens with zero attached hydrogens (tertiary/aromatic N) is 3. The zero-order valence-electron chi connectivity index (χ0n) is 8.48. The van der Waals surface area contributed by atoms with Crippen molar-refractivity contribution in [2.24, 2.45) is 0 Å². The van der Waals surface area contributed by atoms with Gasteiger partial charge in [-0.1, -0.05) is 0 Å². The molecule has 2 heterocycles. The number of aromatic nitrogens is 3. The Morgan fingerprint density at radius 3 is 3.06 bits per heavy atom. The Labute approximate surface area is 89.6 Å². The third-order valence-electron chi connectivity index (χ3n) is 2.33. The molecule has 1 N–H and O–H groups in total. The summed E-state index contributed by atoms with van der Waals surface area (Å²) < 4.78 is 30.8. The van der Waals surface area contributed by atoms with Crippen LogP contribution in [0, 0.1) is 0 Å². The first-order chi connectivity index (χ1) is 7.63. The van der Waals surface area contributed by atoms with Crippen LogP contribution in [0.3, 0.4) is 0 Å². The minimum Gasteiger partial charge on any atom is -0.463 e. The van der Waals surface area contributed by atoms with E-state index in [9.17, 15) is 13.6 Å². The van der Waals surface area contributed by atoms with Gasteiger partial charge in [-0.25, -0.2) is 18.3 Å². The number of hydrogen-bond acceptors (Lipinski definition) is 5. The fourth-order valence-electron chi connectivity index (χ4n) is 1.54. The first-order valence-electron chi connectivity index (χ1n) is 4.70. The van der Waals surface area contributed by atoms with E-state index < -0.39 is 18.4 Å². The van der Waals surface area contributed by atoms with Crippen LogP contribution >= 0.6 is 0 Å². The van der Waals surface area contributed by atoms with E-state index in [4.69, 9.17) is 0 Å². The van der Waals surface area contributed by atoms with Crippen LogP contribution in [0.2, 0.25) is 0 Å². The summed E-state index contributed by atoms with van der Waals surface area (Å²) in [7, 11) is 1.18. The molecule has 0 amide bonds. The van der Waals surface area contributed by atoms with Gasteiger partial charge in [0.05, 0.1) is 7.11 Å². The second-order valence-corrected chi connectivity index (χ2v) is 3.31. The Morgan fingerprint density at radius 2 is 2.44 bits per heavy atom. The molecule has 0 spiro atoms. The summed E-state index contributed by atoms with van der Waals surface area (Å²) in [6.07, 6.45) is -2.29. The fourth-order valence-corrected chi connectivity index (χ4v) is 1.54. The van der Waals surface area contributed by atoms with E-state index in [1.54, 1.807) is 0 Å². The molecule has 2 rings (SSSR count). The molecule has 1 aromatic heterocycles. The smallest absolute Gasteiger partial charge is 0.378 e. The van der Waals surface area contributed by atoms with Gasteiger partial charge in [0.1, 0.15) is 6.04 Å². The number of hydrogen-bond donors (Lipinski definition) is 1. The van der Waals surface area contributed by atoms with Crippen LogP contribution in [0.15, 0.2) is 0 Å². The van der Waals surface area contributed by atoms with Gasteiger partial charge in [0, 0.05) is 6.54 Å². The van der Waals surface area contributed by atoms with Crippen LogP contribution in [0.5, 0.6) is 0 Å². The minimum absolute atomic E-state index is 0.178. The van der Waals surface area contributed by atoms with Crippen LogP contribution in [0.1, 0.15) is 23.1 Å². The number of esters is 1. The molecule has 1 atom stereocenters. The maximum absolute atomic E-state index is 12.7. The summed E-state index contributed by atoms with van der Waals surface area (Å²) >= 11 is 0. The van der Waals surface area contributed by atoms with E-state index in [1.807, 2.05) is 0 Å². The predicted molar refractivity (Wildman–Crippen MR) is 49.5 cm³/mol. The maximum atomic E-state index is 12.7. The van der Waals surface area contributed by atoms with Gasteiger partial charge in [-0.2, -0.15) is 4.98 Å². The predicted octanol–water partition coefficient (Wildman–Crippen LogP) is 0.686. The summed E-state index contributed by atoms with van der Waals surface area (Å²) in [5.41, 5.74) is 0. The molecular weight excluding hydrogens is 222 g/mol. The molecule has 0 fully saturated rings. The number of anilines is 1. The number of nitrogens with one attached hydrogen (secondary N) is 1. The van der Waals surface area contributed by atoms with E-state index in [0.717, 1.165) is 4.68 Å². The van der Waals surface area contributed by atoms with E-state index >= 15 is 0 Å². The topological polar surface area (TPSA) is 69.0 Å². The van der Waals surface area contributed by atoms with Gasteiger partial charge in [0.25, 0.3) is 12.2 Å². The number of ether oxygens (including phenoxy) is 1. The molecule has 8 heteroatoms. The molecule has 16 heavy (non-hydrogen) atoms. The van der Waals surface area contributed by atoms with Crippen molar-refractivity contribution in [2.45, 2.75) is 18.9 Å². The van der Waals surface area contributed by atoms with Crippen LogP contribution < -0.4 is 5.32 Å². The second-order valence-electron chi connectivity index (χ2n) is 3.31. The standard InChI is InChI=1S/C8H10F2N4O2/c1-16-7(15)6-12-8-11-3-2-4(5(9)10)14(8)13-6/h4-5H,2-3H2,1H3,(H,11,12,13). The lowest BCUT2D eigenvalue weighted by atomic mass is 10.2. The summed E-state index contributed by atoms with van der Waals surface area (Å²) in [4.78, 5) is 14.9. The summed E-state index contributed by atoms with van der Waals surface area (Å²) in [5.74, 6) is -0.772.